The molecule has 6 heteroatoms. The van der Waals surface area contributed by atoms with E-state index in [4.69, 9.17) is 4.74 Å². The summed E-state index contributed by atoms with van der Waals surface area (Å²) in [5.41, 5.74) is 0.678. The standard InChI is InChI=1S/C13H19N3O3/c1-10-8-13(15-9-12(10)16(17)18)14-6-5-11-4-2-3-7-19-11/h8-9,11H,2-7H2,1H3,(H,14,15). The zero-order chi connectivity index (χ0) is 13.7. The first-order chi connectivity index (χ1) is 9.16. The molecule has 1 saturated heterocycles. The first-order valence-electron chi connectivity index (χ1n) is 6.63. The second-order valence-corrected chi connectivity index (χ2v) is 4.82. The van der Waals surface area contributed by atoms with E-state index in [0.717, 1.165) is 32.4 Å². The minimum Gasteiger partial charge on any atom is -0.378 e. The Morgan fingerprint density at radius 1 is 1.58 bits per heavy atom. The quantitative estimate of drug-likeness (QED) is 0.654. The van der Waals surface area contributed by atoms with Crippen molar-refractivity contribution in [1.29, 1.82) is 0 Å². The second-order valence-electron chi connectivity index (χ2n) is 4.82. The summed E-state index contributed by atoms with van der Waals surface area (Å²) in [5, 5.41) is 13.9. The Hall–Kier alpha value is -1.69. The number of rotatable bonds is 5. The molecule has 19 heavy (non-hydrogen) atoms. The fraction of sp³-hybridized carbons (Fsp3) is 0.615. The maximum absolute atomic E-state index is 10.7. The van der Waals surface area contributed by atoms with Crippen LogP contribution in [0.5, 0.6) is 0 Å². The summed E-state index contributed by atoms with van der Waals surface area (Å²) in [6.45, 7) is 3.35. The molecule has 2 rings (SSSR count). The first kappa shape index (κ1) is 13.7. The molecule has 1 aromatic heterocycles. The average Bonchev–Trinajstić information content (AvgIpc) is 2.39. The van der Waals surface area contributed by atoms with Crippen LogP contribution in [0.15, 0.2) is 12.3 Å². The number of ether oxygens (including phenoxy) is 1. The van der Waals surface area contributed by atoms with E-state index in [9.17, 15) is 10.1 Å². The molecule has 1 unspecified atom stereocenters. The summed E-state index contributed by atoms with van der Waals surface area (Å²) >= 11 is 0. The number of nitro groups is 1. The van der Waals surface area contributed by atoms with E-state index in [1.54, 1.807) is 13.0 Å². The Morgan fingerprint density at radius 2 is 2.42 bits per heavy atom. The molecule has 1 aliphatic heterocycles. The fourth-order valence-electron chi connectivity index (χ4n) is 2.23. The Morgan fingerprint density at radius 3 is 3.05 bits per heavy atom. The highest BCUT2D eigenvalue weighted by Crippen LogP contribution is 2.19. The van der Waals surface area contributed by atoms with E-state index in [0.29, 0.717) is 17.5 Å². The van der Waals surface area contributed by atoms with Crippen LogP contribution in [-0.2, 0) is 4.74 Å². The molecule has 0 bridgehead atoms. The SMILES string of the molecule is Cc1cc(NCCC2CCCCO2)ncc1[N+](=O)[O-]. The minimum atomic E-state index is -0.415. The molecule has 0 radical (unpaired) electrons. The van der Waals surface area contributed by atoms with Gasteiger partial charge in [0, 0.05) is 18.7 Å². The smallest absolute Gasteiger partial charge is 0.290 e. The lowest BCUT2D eigenvalue weighted by molar-refractivity contribution is -0.385. The molecule has 0 amide bonds. The van der Waals surface area contributed by atoms with Crippen LogP contribution in [0.1, 0.15) is 31.2 Å². The van der Waals surface area contributed by atoms with Crippen LogP contribution in [0.4, 0.5) is 11.5 Å². The van der Waals surface area contributed by atoms with Crippen LogP contribution in [0.25, 0.3) is 0 Å². The van der Waals surface area contributed by atoms with E-state index < -0.39 is 4.92 Å². The number of nitrogens with zero attached hydrogens (tertiary/aromatic N) is 2. The molecule has 0 aliphatic carbocycles. The van der Waals surface area contributed by atoms with Crippen molar-refractivity contribution >= 4 is 11.5 Å². The summed E-state index contributed by atoms with van der Waals surface area (Å²) in [6.07, 6.45) is 6.09. The molecule has 0 aromatic carbocycles. The molecule has 0 saturated carbocycles. The Bertz CT molecular complexity index is 445. The van der Waals surface area contributed by atoms with Crippen molar-refractivity contribution in [2.75, 3.05) is 18.5 Å². The number of aromatic nitrogens is 1. The van der Waals surface area contributed by atoms with Gasteiger partial charge in [-0.05, 0) is 38.7 Å². The Balaban J connectivity index is 1.82. The van der Waals surface area contributed by atoms with Crippen molar-refractivity contribution in [3.05, 3.63) is 27.9 Å². The molecule has 2 heterocycles. The molecular formula is C13H19N3O3. The van der Waals surface area contributed by atoms with Crippen LogP contribution < -0.4 is 5.32 Å². The van der Waals surface area contributed by atoms with Crippen LogP contribution in [0, 0.1) is 17.0 Å². The number of hydrogen-bond acceptors (Lipinski definition) is 5. The van der Waals surface area contributed by atoms with Crippen LogP contribution in [0.3, 0.4) is 0 Å². The average molecular weight is 265 g/mol. The van der Waals surface area contributed by atoms with E-state index in [2.05, 4.69) is 10.3 Å². The summed E-state index contributed by atoms with van der Waals surface area (Å²) in [4.78, 5) is 14.3. The van der Waals surface area contributed by atoms with Gasteiger partial charge in [0.1, 0.15) is 12.0 Å². The number of pyridine rings is 1. The van der Waals surface area contributed by atoms with Gasteiger partial charge in [0.15, 0.2) is 0 Å². The van der Waals surface area contributed by atoms with Gasteiger partial charge in [-0.3, -0.25) is 10.1 Å². The predicted octanol–water partition coefficient (Wildman–Crippen LogP) is 2.67. The maximum atomic E-state index is 10.7. The second kappa shape index (κ2) is 6.47. The first-order valence-corrected chi connectivity index (χ1v) is 6.63. The van der Waals surface area contributed by atoms with E-state index in [1.165, 1.54) is 12.6 Å². The molecule has 1 aromatic rings. The van der Waals surface area contributed by atoms with Crippen molar-refractivity contribution in [2.45, 2.75) is 38.7 Å². The molecule has 0 spiro atoms. The van der Waals surface area contributed by atoms with Gasteiger partial charge in [0.2, 0.25) is 0 Å². The van der Waals surface area contributed by atoms with Crippen molar-refractivity contribution < 1.29 is 9.66 Å². The normalized spacial score (nSPS) is 19.1. The summed E-state index contributed by atoms with van der Waals surface area (Å²) < 4.78 is 5.64. The third-order valence-corrected chi connectivity index (χ3v) is 3.33. The molecule has 1 N–H and O–H groups in total. The van der Waals surface area contributed by atoms with Crippen molar-refractivity contribution in [1.82, 2.24) is 4.98 Å². The third kappa shape index (κ3) is 3.89. The van der Waals surface area contributed by atoms with Gasteiger partial charge < -0.3 is 10.1 Å². The van der Waals surface area contributed by atoms with E-state index >= 15 is 0 Å². The third-order valence-electron chi connectivity index (χ3n) is 3.33. The van der Waals surface area contributed by atoms with Crippen LogP contribution in [-0.4, -0.2) is 29.2 Å². The lowest BCUT2D eigenvalue weighted by Gasteiger charge is -2.22. The molecule has 1 fully saturated rings. The molecule has 1 atom stereocenters. The largest absolute Gasteiger partial charge is 0.378 e. The zero-order valence-corrected chi connectivity index (χ0v) is 11.1. The van der Waals surface area contributed by atoms with Gasteiger partial charge in [0.05, 0.1) is 11.0 Å². The fourth-order valence-corrected chi connectivity index (χ4v) is 2.23. The maximum Gasteiger partial charge on any atom is 0.290 e. The van der Waals surface area contributed by atoms with E-state index in [1.807, 2.05) is 0 Å². The number of aryl methyl sites for hydroxylation is 1. The lowest BCUT2D eigenvalue weighted by atomic mass is 10.1. The summed E-state index contributed by atoms with van der Waals surface area (Å²) in [5.74, 6) is 0.680. The molecule has 104 valence electrons. The van der Waals surface area contributed by atoms with Crippen molar-refractivity contribution in [2.24, 2.45) is 0 Å². The van der Waals surface area contributed by atoms with Crippen LogP contribution in [0.2, 0.25) is 0 Å². The van der Waals surface area contributed by atoms with Crippen molar-refractivity contribution in [3.8, 4) is 0 Å². The highest BCUT2D eigenvalue weighted by Gasteiger charge is 2.14. The summed E-state index contributed by atoms with van der Waals surface area (Å²) in [6, 6.07) is 1.71. The lowest BCUT2D eigenvalue weighted by Crippen LogP contribution is -2.22. The van der Waals surface area contributed by atoms with Gasteiger partial charge >= 0.3 is 0 Å². The van der Waals surface area contributed by atoms with Gasteiger partial charge in [-0.2, -0.15) is 0 Å². The zero-order valence-electron chi connectivity index (χ0n) is 11.1. The molecule has 6 nitrogen and oxygen atoms in total. The predicted molar refractivity (Wildman–Crippen MR) is 72.3 cm³/mol. The van der Waals surface area contributed by atoms with Gasteiger partial charge in [-0.15, -0.1) is 0 Å². The van der Waals surface area contributed by atoms with Crippen molar-refractivity contribution in [3.63, 3.8) is 0 Å². The highest BCUT2D eigenvalue weighted by atomic mass is 16.6. The summed E-state index contributed by atoms with van der Waals surface area (Å²) in [7, 11) is 0. The Labute approximate surface area is 112 Å². The van der Waals surface area contributed by atoms with E-state index in [-0.39, 0.29) is 5.69 Å². The number of nitrogens with one attached hydrogen (secondary N) is 1. The topological polar surface area (TPSA) is 77.3 Å². The van der Waals surface area contributed by atoms with Gasteiger partial charge in [-0.1, -0.05) is 0 Å². The van der Waals surface area contributed by atoms with Crippen LogP contribution >= 0.6 is 0 Å². The molecule has 1 aliphatic rings. The van der Waals surface area contributed by atoms with Gasteiger partial charge in [0.25, 0.3) is 5.69 Å². The number of hydrogen-bond donors (Lipinski definition) is 1. The monoisotopic (exact) mass is 265 g/mol. The minimum absolute atomic E-state index is 0.0566. The van der Waals surface area contributed by atoms with Gasteiger partial charge in [-0.25, -0.2) is 4.98 Å². The number of anilines is 1. The molecular weight excluding hydrogens is 246 g/mol. The highest BCUT2D eigenvalue weighted by molar-refractivity contribution is 5.46. The Kier molecular flexibility index (Phi) is 4.68.